The van der Waals surface area contributed by atoms with Crippen LogP contribution in [-0.2, 0) is 19.1 Å². The van der Waals surface area contributed by atoms with E-state index in [0.717, 1.165) is 36.1 Å². The van der Waals surface area contributed by atoms with Crippen molar-refractivity contribution in [2.75, 3.05) is 6.54 Å². The van der Waals surface area contributed by atoms with Gasteiger partial charge in [0.15, 0.2) is 0 Å². The van der Waals surface area contributed by atoms with Crippen LogP contribution in [0.3, 0.4) is 0 Å². The van der Waals surface area contributed by atoms with E-state index in [-0.39, 0.29) is 16.8 Å². The van der Waals surface area contributed by atoms with Gasteiger partial charge in [-0.25, -0.2) is 20.0 Å². The second kappa shape index (κ2) is 7.12. The van der Waals surface area contributed by atoms with Gasteiger partial charge in [-0.3, -0.25) is 13.9 Å². The van der Waals surface area contributed by atoms with Crippen LogP contribution in [0.5, 0.6) is 0 Å². The van der Waals surface area contributed by atoms with Crippen molar-refractivity contribution in [3.8, 4) is 0 Å². The molecule has 2 aromatic heterocycles. The molecule has 0 radical (unpaired) electrons. The van der Waals surface area contributed by atoms with Crippen molar-refractivity contribution in [3.63, 3.8) is 0 Å². The first-order valence-corrected chi connectivity index (χ1v) is 10.0. The molecule has 1 fully saturated rings. The Morgan fingerprint density at radius 3 is 2.59 bits per heavy atom. The summed E-state index contributed by atoms with van der Waals surface area (Å²) in [7, 11) is 1.68. The van der Waals surface area contributed by atoms with E-state index in [1.54, 1.807) is 7.05 Å². The van der Waals surface area contributed by atoms with Crippen LogP contribution in [0.2, 0.25) is 0 Å². The monoisotopic (exact) mass is 394 g/mol. The molecule has 1 saturated carbocycles. The largest absolute Gasteiger partial charge is 0.464 e. The second-order valence-corrected chi connectivity index (χ2v) is 8.52. The van der Waals surface area contributed by atoms with E-state index in [1.807, 2.05) is 20.8 Å². The molecule has 27 heavy (non-hydrogen) atoms. The predicted molar refractivity (Wildman–Crippen MR) is 105 cm³/mol. The quantitative estimate of drug-likeness (QED) is 0.703. The first kappa shape index (κ1) is 19.6. The maximum absolute atomic E-state index is 13.0. The van der Waals surface area contributed by atoms with Crippen molar-refractivity contribution < 1.29 is 9.90 Å². The van der Waals surface area contributed by atoms with Gasteiger partial charge < -0.3 is 5.11 Å². The summed E-state index contributed by atoms with van der Waals surface area (Å²) in [4.78, 5) is 38.6. The van der Waals surface area contributed by atoms with Gasteiger partial charge in [0, 0.05) is 18.5 Å². The molecular formula is C18H26N4O4S. The van der Waals surface area contributed by atoms with Gasteiger partial charge >= 0.3 is 11.8 Å². The number of aromatic nitrogens is 2. The van der Waals surface area contributed by atoms with E-state index in [9.17, 15) is 19.5 Å². The first-order chi connectivity index (χ1) is 12.7. The lowest BCUT2D eigenvalue weighted by atomic mass is 10.2. The maximum atomic E-state index is 13.0. The Morgan fingerprint density at radius 1 is 1.37 bits per heavy atom. The summed E-state index contributed by atoms with van der Waals surface area (Å²) in [6.07, 6.45) is 2.29. The predicted octanol–water partition coefficient (Wildman–Crippen LogP) is 2.36. The van der Waals surface area contributed by atoms with E-state index in [2.05, 4.69) is 5.43 Å². The molecule has 0 aliphatic heterocycles. The number of carboxylic acid groups (broad SMARTS) is 1. The van der Waals surface area contributed by atoms with E-state index >= 15 is 0 Å². The zero-order valence-electron chi connectivity index (χ0n) is 16.2. The standard InChI is InChI=1S/C18H26N4O4S/c1-5-6-9-21(17(25)26)19-10-12-11(2)13-14(23)22(18(3)7-8-18)16(24)20(4)15(13)27-12/h19H,5-10H2,1-4H3,(H,25,26). The van der Waals surface area contributed by atoms with Crippen molar-refractivity contribution >= 4 is 27.6 Å². The number of amides is 1. The Labute approximate surface area is 161 Å². The van der Waals surface area contributed by atoms with Gasteiger partial charge in [0.05, 0.1) is 17.5 Å². The van der Waals surface area contributed by atoms with Gasteiger partial charge in [-0.2, -0.15) is 0 Å². The smallest absolute Gasteiger partial charge is 0.421 e. The molecule has 0 spiro atoms. The summed E-state index contributed by atoms with van der Waals surface area (Å²) >= 11 is 1.36. The highest BCUT2D eigenvalue weighted by Gasteiger charge is 2.42. The number of carbonyl (C=O) groups is 1. The molecule has 148 valence electrons. The highest BCUT2D eigenvalue weighted by atomic mass is 32.1. The molecule has 9 heteroatoms. The molecule has 8 nitrogen and oxygen atoms in total. The summed E-state index contributed by atoms with van der Waals surface area (Å²) in [6.45, 7) is 6.50. The molecular weight excluding hydrogens is 368 g/mol. The number of hydrazine groups is 1. The number of rotatable bonds is 7. The lowest BCUT2D eigenvalue weighted by molar-refractivity contribution is 0.118. The van der Waals surface area contributed by atoms with Crippen molar-refractivity contribution in [1.82, 2.24) is 19.6 Å². The van der Waals surface area contributed by atoms with Crippen LogP contribution in [0.4, 0.5) is 4.79 Å². The van der Waals surface area contributed by atoms with E-state index in [1.165, 1.54) is 25.5 Å². The number of unbranched alkanes of at least 4 members (excludes halogenated alkanes) is 1. The fraction of sp³-hybridized carbons (Fsp3) is 0.611. The number of hydrogen-bond acceptors (Lipinski definition) is 5. The molecule has 0 aromatic carbocycles. The zero-order valence-corrected chi connectivity index (χ0v) is 17.0. The van der Waals surface area contributed by atoms with Gasteiger partial charge in [0.1, 0.15) is 4.83 Å². The van der Waals surface area contributed by atoms with Gasteiger partial charge in [-0.1, -0.05) is 13.3 Å². The lowest BCUT2D eigenvalue weighted by Gasteiger charge is -2.19. The minimum absolute atomic E-state index is 0.242. The molecule has 0 bridgehead atoms. The molecule has 1 amide bonds. The highest BCUT2D eigenvalue weighted by molar-refractivity contribution is 7.18. The SMILES string of the molecule is CCCCN(NCc1sc2c(c1C)c(=O)n(C1(C)CC1)c(=O)n2C)C(=O)O. The fourth-order valence-corrected chi connectivity index (χ4v) is 4.43. The highest BCUT2D eigenvalue weighted by Crippen LogP contribution is 2.41. The van der Waals surface area contributed by atoms with Crippen LogP contribution >= 0.6 is 11.3 Å². The minimum atomic E-state index is -1.03. The van der Waals surface area contributed by atoms with Crippen LogP contribution in [0, 0.1) is 6.92 Å². The summed E-state index contributed by atoms with van der Waals surface area (Å²) in [6, 6.07) is 0. The normalized spacial score (nSPS) is 15.3. The van der Waals surface area contributed by atoms with Crippen LogP contribution in [0.1, 0.15) is 50.0 Å². The van der Waals surface area contributed by atoms with Gasteiger partial charge in [0.2, 0.25) is 0 Å². The Balaban J connectivity index is 1.99. The topological polar surface area (TPSA) is 96.6 Å². The minimum Gasteiger partial charge on any atom is -0.464 e. The lowest BCUT2D eigenvalue weighted by Crippen LogP contribution is -2.43. The first-order valence-electron chi connectivity index (χ1n) is 9.19. The molecule has 0 saturated heterocycles. The Bertz CT molecular complexity index is 999. The summed E-state index contributed by atoms with van der Waals surface area (Å²) in [5.74, 6) is 0. The van der Waals surface area contributed by atoms with Crippen molar-refractivity contribution in [2.24, 2.45) is 7.05 Å². The van der Waals surface area contributed by atoms with Gasteiger partial charge in [-0.15, -0.1) is 11.3 Å². The number of aryl methyl sites for hydroxylation is 2. The molecule has 0 atom stereocenters. The number of thiophene rings is 1. The molecule has 1 aliphatic carbocycles. The molecule has 3 rings (SSSR count). The van der Waals surface area contributed by atoms with Crippen molar-refractivity contribution in [3.05, 3.63) is 31.3 Å². The molecule has 0 unspecified atom stereocenters. The van der Waals surface area contributed by atoms with Crippen LogP contribution in [0.15, 0.2) is 9.59 Å². The second-order valence-electron chi connectivity index (χ2n) is 7.43. The van der Waals surface area contributed by atoms with Gasteiger partial charge in [-0.05, 0) is 38.7 Å². The third kappa shape index (κ3) is 3.41. The molecule has 2 aromatic rings. The summed E-state index contributed by atoms with van der Waals surface area (Å²) < 4.78 is 2.92. The Kier molecular flexibility index (Phi) is 5.18. The van der Waals surface area contributed by atoms with E-state index < -0.39 is 6.09 Å². The van der Waals surface area contributed by atoms with Crippen molar-refractivity contribution in [1.29, 1.82) is 0 Å². The Hall–Kier alpha value is -2.13. The zero-order chi connectivity index (χ0) is 19.9. The third-order valence-corrected chi connectivity index (χ3v) is 6.71. The average Bonchev–Trinajstić information content (AvgIpc) is 3.25. The van der Waals surface area contributed by atoms with E-state index in [4.69, 9.17) is 0 Å². The van der Waals surface area contributed by atoms with Crippen LogP contribution in [-0.4, -0.2) is 31.9 Å². The third-order valence-electron chi connectivity index (χ3n) is 5.34. The summed E-state index contributed by atoms with van der Waals surface area (Å²) in [5, 5.41) is 11.0. The van der Waals surface area contributed by atoms with Crippen LogP contribution < -0.4 is 16.7 Å². The number of nitrogens with zero attached hydrogens (tertiary/aromatic N) is 3. The maximum Gasteiger partial charge on any atom is 0.421 e. The summed E-state index contributed by atoms with van der Waals surface area (Å²) in [5.41, 5.74) is 2.83. The molecule has 1 aliphatic rings. The average molecular weight is 394 g/mol. The number of hydrogen-bond donors (Lipinski definition) is 2. The Morgan fingerprint density at radius 2 is 2.04 bits per heavy atom. The van der Waals surface area contributed by atoms with E-state index in [0.29, 0.717) is 23.3 Å². The number of fused-ring (bicyclic) bond motifs is 1. The molecule has 2 N–H and O–H groups in total. The van der Waals surface area contributed by atoms with Gasteiger partial charge in [0.25, 0.3) is 5.56 Å². The fourth-order valence-electron chi connectivity index (χ4n) is 3.24. The molecule has 2 heterocycles. The number of nitrogens with one attached hydrogen (secondary N) is 1. The van der Waals surface area contributed by atoms with Crippen LogP contribution in [0.25, 0.3) is 10.2 Å². The van der Waals surface area contributed by atoms with Crippen molar-refractivity contribution in [2.45, 2.75) is 58.5 Å².